The van der Waals surface area contributed by atoms with Gasteiger partial charge in [0.15, 0.2) is 5.96 Å². The van der Waals surface area contributed by atoms with E-state index in [9.17, 15) is 0 Å². The van der Waals surface area contributed by atoms with Crippen LogP contribution in [-0.4, -0.2) is 26.7 Å². The first-order valence-electron chi connectivity index (χ1n) is 7.34. The van der Waals surface area contributed by atoms with E-state index >= 15 is 0 Å². The van der Waals surface area contributed by atoms with E-state index in [0.717, 1.165) is 24.8 Å². The van der Waals surface area contributed by atoms with Gasteiger partial charge in [0.25, 0.3) is 0 Å². The molecule has 4 nitrogen and oxygen atoms in total. The molecule has 1 aromatic carbocycles. The van der Waals surface area contributed by atoms with E-state index in [1.54, 1.807) is 25.5 Å². The number of nitrogens with zero attached hydrogens (tertiary/aromatic N) is 1. The minimum absolute atomic E-state index is 0.330. The fourth-order valence-electron chi connectivity index (χ4n) is 2.24. The number of para-hydroxylation sites is 1. The Labute approximate surface area is 136 Å². The number of nitrogens with one attached hydrogen (secondary N) is 2. The van der Waals surface area contributed by atoms with Crippen LogP contribution >= 0.6 is 11.3 Å². The Morgan fingerprint density at radius 1 is 1.23 bits per heavy atom. The Kier molecular flexibility index (Phi) is 6.27. The summed E-state index contributed by atoms with van der Waals surface area (Å²) in [5.74, 6) is 2.07. The van der Waals surface area contributed by atoms with Crippen LogP contribution in [0.3, 0.4) is 0 Å². The molecule has 0 saturated heterocycles. The summed E-state index contributed by atoms with van der Waals surface area (Å²) in [7, 11) is 3.50. The molecule has 2 aromatic rings. The van der Waals surface area contributed by atoms with Crippen molar-refractivity contribution in [3.8, 4) is 5.75 Å². The number of hydrogen-bond donors (Lipinski definition) is 2. The van der Waals surface area contributed by atoms with Gasteiger partial charge in [0, 0.05) is 24.4 Å². The van der Waals surface area contributed by atoms with Crippen LogP contribution in [0.25, 0.3) is 0 Å². The summed E-state index contributed by atoms with van der Waals surface area (Å²) in [6.07, 6.45) is 0. The molecule has 5 heteroatoms. The zero-order valence-corrected chi connectivity index (χ0v) is 14.1. The Morgan fingerprint density at radius 2 is 2.05 bits per heavy atom. The monoisotopic (exact) mass is 317 g/mol. The van der Waals surface area contributed by atoms with Crippen molar-refractivity contribution in [3.05, 3.63) is 52.2 Å². The van der Waals surface area contributed by atoms with Crippen molar-refractivity contribution in [2.75, 3.05) is 20.7 Å². The minimum atomic E-state index is 0.330. The van der Waals surface area contributed by atoms with Crippen molar-refractivity contribution in [2.45, 2.75) is 19.4 Å². The number of benzene rings is 1. The molecule has 0 fully saturated rings. The standard InChI is InChI=1S/C17H23N3OS/c1-13(15-8-4-5-9-16(15)21-3)11-19-17(18-2)20-12-14-7-6-10-22-14/h4-10,13H,11-12H2,1-3H3,(H2,18,19,20). The number of methoxy groups -OCH3 is 1. The summed E-state index contributed by atoms with van der Waals surface area (Å²) in [6.45, 7) is 3.77. The van der Waals surface area contributed by atoms with Gasteiger partial charge in [-0.2, -0.15) is 0 Å². The first kappa shape index (κ1) is 16.4. The molecule has 118 valence electrons. The van der Waals surface area contributed by atoms with Gasteiger partial charge in [0.2, 0.25) is 0 Å². The summed E-state index contributed by atoms with van der Waals surface area (Å²) in [5.41, 5.74) is 1.20. The molecule has 2 rings (SSSR count). The molecule has 0 aliphatic heterocycles. The second-order valence-corrected chi connectivity index (χ2v) is 6.06. The summed E-state index contributed by atoms with van der Waals surface area (Å²) in [4.78, 5) is 5.56. The SMILES string of the molecule is CN=C(NCc1cccs1)NCC(C)c1ccccc1OC. The highest BCUT2D eigenvalue weighted by Crippen LogP contribution is 2.25. The number of aliphatic imine (C=N–C) groups is 1. The van der Waals surface area contributed by atoms with Crippen LogP contribution in [0.15, 0.2) is 46.8 Å². The predicted octanol–water partition coefficient (Wildman–Crippen LogP) is 3.23. The predicted molar refractivity (Wildman–Crippen MR) is 93.9 cm³/mol. The second kappa shape index (κ2) is 8.44. The molecule has 1 heterocycles. The lowest BCUT2D eigenvalue weighted by Gasteiger charge is -2.18. The summed E-state index contributed by atoms with van der Waals surface area (Å²) in [6, 6.07) is 12.3. The van der Waals surface area contributed by atoms with Gasteiger partial charge in [-0.25, -0.2) is 0 Å². The Hall–Kier alpha value is -2.01. The zero-order valence-electron chi connectivity index (χ0n) is 13.3. The third-order valence-corrected chi connectivity index (χ3v) is 4.36. The number of rotatable bonds is 6. The number of ether oxygens (including phenoxy) is 1. The average molecular weight is 317 g/mol. The van der Waals surface area contributed by atoms with Gasteiger partial charge in [-0.3, -0.25) is 4.99 Å². The molecular weight excluding hydrogens is 294 g/mol. The van der Waals surface area contributed by atoms with E-state index in [0.29, 0.717) is 5.92 Å². The fourth-order valence-corrected chi connectivity index (χ4v) is 2.88. The lowest BCUT2D eigenvalue weighted by molar-refractivity contribution is 0.406. The van der Waals surface area contributed by atoms with Gasteiger partial charge in [-0.05, 0) is 23.1 Å². The van der Waals surface area contributed by atoms with Gasteiger partial charge in [-0.15, -0.1) is 11.3 Å². The first-order chi connectivity index (χ1) is 10.7. The number of hydrogen-bond acceptors (Lipinski definition) is 3. The van der Waals surface area contributed by atoms with Crippen LogP contribution in [0.2, 0.25) is 0 Å². The van der Waals surface area contributed by atoms with Gasteiger partial charge in [-0.1, -0.05) is 31.2 Å². The van der Waals surface area contributed by atoms with Crippen molar-refractivity contribution in [3.63, 3.8) is 0 Å². The van der Waals surface area contributed by atoms with E-state index in [-0.39, 0.29) is 0 Å². The van der Waals surface area contributed by atoms with Crippen LogP contribution < -0.4 is 15.4 Å². The molecule has 2 N–H and O–H groups in total. The highest BCUT2D eigenvalue weighted by atomic mass is 32.1. The molecular formula is C17H23N3OS. The van der Waals surface area contributed by atoms with Crippen molar-refractivity contribution in [2.24, 2.45) is 4.99 Å². The van der Waals surface area contributed by atoms with E-state index < -0.39 is 0 Å². The van der Waals surface area contributed by atoms with Crippen LogP contribution in [0.1, 0.15) is 23.3 Å². The third-order valence-electron chi connectivity index (χ3n) is 3.48. The lowest BCUT2D eigenvalue weighted by Crippen LogP contribution is -2.38. The number of thiophene rings is 1. The van der Waals surface area contributed by atoms with E-state index in [1.807, 2.05) is 18.2 Å². The van der Waals surface area contributed by atoms with Gasteiger partial charge in [0.1, 0.15) is 5.75 Å². The lowest BCUT2D eigenvalue weighted by atomic mass is 10.0. The topological polar surface area (TPSA) is 45.7 Å². The molecule has 0 bridgehead atoms. The van der Waals surface area contributed by atoms with Crippen molar-refractivity contribution < 1.29 is 4.74 Å². The fraction of sp³-hybridized carbons (Fsp3) is 0.353. The van der Waals surface area contributed by atoms with Gasteiger partial charge in [0.05, 0.1) is 13.7 Å². The molecule has 1 atom stereocenters. The molecule has 0 aliphatic rings. The zero-order chi connectivity index (χ0) is 15.8. The molecule has 1 aromatic heterocycles. The Bertz CT molecular complexity index is 596. The molecule has 22 heavy (non-hydrogen) atoms. The van der Waals surface area contributed by atoms with Crippen molar-refractivity contribution >= 4 is 17.3 Å². The second-order valence-electron chi connectivity index (χ2n) is 5.03. The maximum atomic E-state index is 5.42. The van der Waals surface area contributed by atoms with Crippen LogP contribution in [0.5, 0.6) is 5.75 Å². The third kappa shape index (κ3) is 4.49. The summed E-state index contributed by atoms with van der Waals surface area (Å²) < 4.78 is 5.42. The Morgan fingerprint density at radius 3 is 2.73 bits per heavy atom. The average Bonchev–Trinajstić information content (AvgIpc) is 3.08. The molecule has 0 radical (unpaired) electrons. The first-order valence-corrected chi connectivity index (χ1v) is 8.22. The van der Waals surface area contributed by atoms with E-state index in [2.05, 4.69) is 46.1 Å². The van der Waals surface area contributed by atoms with E-state index in [1.165, 1.54) is 10.4 Å². The molecule has 0 amide bonds. The van der Waals surface area contributed by atoms with Crippen LogP contribution in [0, 0.1) is 0 Å². The molecule has 1 unspecified atom stereocenters. The smallest absolute Gasteiger partial charge is 0.191 e. The van der Waals surface area contributed by atoms with Crippen LogP contribution in [-0.2, 0) is 6.54 Å². The van der Waals surface area contributed by atoms with Gasteiger partial charge < -0.3 is 15.4 Å². The maximum absolute atomic E-state index is 5.42. The van der Waals surface area contributed by atoms with Crippen molar-refractivity contribution in [1.29, 1.82) is 0 Å². The van der Waals surface area contributed by atoms with E-state index in [4.69, 9.17) is 4.74 Å². The maximum Gasteiger partial charge on any atom is 0.191 e. The summed E-state index contributed by atoms with van der Waals surface area (Å²) in [5, 5.41) is 8.77. The van der Waals surface area contributed by atoms with Crippen LogP contribution in [0.4, 0.5) is 0 Å². The highest BCUT2D eigenvalue weighted by Gasteiger charge is 2.11. The molecule has 0 saturated carbocycles. The Balaban J connectivity index is 1.87. The molecule has 0 spiro atoms. The van der Waals surface area contributed by atoms with Gasteiger partial charge >= 0.3 is 0 Å². The minimum Gasteiger partial charge on any atom is -0.496 e. The normalized spacial score (nSPS) is 12.8. The largest absolute Gasteiger partial charge is 0.496 e. The summed E-state index contributed by atoms with van der Waals surface area (Å²) >= 11 is 1.74. The highest BCUT2D eigenvalue weighted by molar-refractivity contribution is 7.09. The van der Waals surface area contributed by atoms with Crippen molar-refractivity contribution in [1.82, 2.24) is 10.6 Å². The number of guanidine groups is 1. The molecule has 0 aliphatic carbocycles. The quantitative estimate of drug-likeness (QED) is 0.635.